The number of H-pyrrole nitrogens is 1. The summed E-state index contributed by atoms with van der Waals surface area (Å²) in [6, 6.07) is 25.0. The zero-order valence-electron chi connectivity index (χ0n) is 14.5. The molecular formula is C22H17N3O2. The summed E-state index contributed by atoms with van der Waals surface area (Å²) in [6.45, 7) is 0.343. The van der Waals surface area contributed by atoms with Gasteiger partial charge in [0, 0.05) is 6.54 Å². The van der Waals surface area contributed by atoms with Gasteiger partial charge >= 0.3 is 0 Å². The largest absolute Gasteiger partial charge is 0.345 e. The van der Waals surface area contributed by atoms with Crippen LogP contribution in [0.3, 0.4) is 0 Å². The lowest BCUT2D eigenvalue weighted by Gasteiger charge is -2.08. The van der Waals surface area contributed by atoms with E-state index < -0.39 is 5.91 Å². The summed E-state index contributed by atoms with van der Waals surface area (Å²) in [5.41, 5.74) is 3.34. The summed E-state index contributed by atoms with van der Waals surface area (Å²) in [5.74, 6) is -0.402. The Morgan fingerprint density at radius 2 is 1.63 bits per heavy atom. The van der Waals surface area contributed by atoms with E-state index >= 15 is 0 Å². The molecule has 0 spiro atoms. The molecule has 0 radical (unpaired) electrons. The third-order valence-electron chi connectivity index (χ3n) is 4.32. The zero-order chi connectivity index (χ0) is 18.6. The van der Waals surface area contributed by atoms with E-state index in [-0.39, 0.29) is 11.4 Å². The second kappa shape index (κ2) is 7.25. The number of rotatable bonds is 4. The van der Waals surface area contributed by atoms with E-state index in [0.29, 0.717) is 17.4 Å². The number of carbonyl (C=O) groups excluding carboxylic acids is 1. The van der Waals surface area contributed by atoms with Crippen LogP contribution in [0, 0.1) is 0 Å². The Labute approximate surface area is 155 Å². The van der Waals surface area contributed by atoms with Crippen LogP contribution in [0.15, 0.2) is 83.7 Å². The molecule has 0 saturated carbocycles. The molecule has 3 aromatic carbocycles. The molecule has 27 heavy (non-hydrogen) atoms. The topological polar surface area (TPSA) is 74.8 Å². The Bertz CT molecular complexity index is 1170. The molecule has 1 heterocycles. The van der Waals surface area contributed by atoms with Gasteiger partial charge in [-0.05, 0) is 34.9 Å². The molecule has 132 valence electrons. The van der Waals surface area contributed by atoms with Crippen molar-refractivity contribution in [1.29, 1.82) is 0 Å². The molecule has 0 atom stereocenters. The monoisotopic (exact) mass is 355 g/mol. The average Bonchev–Trinajstić information content (AvgIpc) is 2.73. The highest BCUT2D eigenvalue weighted by atomic mass is 16.2. The molecule has 1 amide bonds. The van der Waals surface area contributed by atoms with Crippen LogP contribution in [0.2, 0.25) is 0 Å². The minimum Gasteiger partial charge on any atom is -0.345 e. The fourth-order valence-electron chi connectivity index (χ4n) is 2.95. The number of carbonyl (C=O) groups is 1. The number of para-hydroxylation sites is 1. The van der Waals surface area contributed by atoms with Gasteiger partial charge < -0.3 is 10.3 Å². The van der Waals surface area contributed by atoms with E-state index in [4.69, 9.17) is 0 Å². The van der Waals surface area contributed by atoms with E-state index in [0.717, 1.165) is 16.7 Å². The number of nitrogens with zero attached hydrogens (tertiary/aromatic N) is 1. The maximum atomic E-state index is 12.4. The smallest absolute Gasteiger partial charge is 0.287 e. The molecule has 0 unspecified atom stereocenters. The SMILES string of the molecule is O=C(NCc1cccc(-c2ccccc2)c1)c1nc2ccccc2c(=O)[nH]1. The molecule has 0 fully saturated rings. The summed E-state index contributed by atoms with van der Waals surface area (Å²) in [4.78, 5) is 31.3. The third-order valence-corrected chi connectivity index (χ3v) is 4.32. The van der Waals surface area contributed by atoms with Gasteiger partial charge in [0.05, 0.1) is 10.9 Å². The van der Waals surface area contributed by atoms with Crippen LogP contribution < -0.4 is 10.9 Å². The van der Waals surface area contributed by atoms with Crippen molar-refractivity contribution < 1.29 is 4.79 Å². The number of aromatic amines is 1. The first-order chi connectivity index (χ1) is 13.2. The molecule has 0 aliphatic carbocycles. The van der Waals surface area contributed by atoms with Crippen LogP contribution in [0.1, 0.15) is 16.2 Å². The minimum absolute atomic E-state index is 0.0120. The summed E-state index contributed by atoms with van der Waals surface area (Å²) in [5, 5.41) is 3.28. The average molecular weight is 355 g/mol. The van der Waals surface area contributed by atoms with E-state index in [1.54, 1.807) is 24.3 Å². The number of hydrogen-bond acceptors (Lipinski definition) is 3. The standard InChI is InChI=1S/C22H17N3O2/c26-21-18-11-4-5-12-19(18)24-20(25-21)22(27)23-14-15-7-6-10-17(13-15)16-8-2-1-3-9-16/h1-13H,14H2,(H,23,27)(H,24,25,26). The number of hydrogen-bond donors (Lipinski definition) is 2. The van der Waals surface area contributed by atoms with Crippen molar-refractivity contribution in [3.63, 3.8) is 0 Å². The second-order valence-corrected chi connectivity index (χ2v) is 6.18. The van der Waals surface area contributed by atoms with Gasteiger partial charge in [-0.2, -0.15) is 0 Å². The van der Waals surface area contributed by atoms with Crippen LogP contribution in [0.5, 0.6) is 0 Å². The molecule has 0 bridgehead atoms. The minimum atomic E-state index is -0.414. The summed E-state index contributed by atoms with van der Waals surface area (Å²) in [7, 11) is 0. The lowest BCUT2D eigenvalue weighted by atomic mass is 10.0. The Balaban J connectivity index is 1.52. The number of benzene rings is 3. The zero-order valence-corrected chi connectivity index (χ0v) is 14.5. The highest BCUT2D eigenvalue weighted by molar-refractivity contribution is 5.92. The van der Waals surface area contributed by atoms with Gasteiger partial charge in [0.15, 0.2) is 5.82 Å². The molecule has 1 aromatic heterocycles. The van der Waals surface area contributed by atoms with Gasteiger partial charge in [0.2, 0.25) is 0 Å². The fraction of sp³-hybridized carbons (Fsp3) is 0.0455. The highest BCUT2D eigenvalue weighted by Gasteiger charge is 2.11. The first-order valence-electron chi connectivity index (χ1n) is 8.62. The Kier molecular flexibility index (Phi) is 4.49. The van der Waals surface area contributed by atoms with Gasteiger partial charge in [0.25, 0.3) is 11.5 Å². The molecule has 0 aliphatic rings. The molecule has 5 heteroatoms. The van der Waals surface area contributed by atoms with E-state index in [2.05, 4.69) is 15.3 Å². The van der Waals surface area contributed by atoms with Crippen LogP contribution in [0.25, 0.3) is 22.0 Å². The van der Waals surface area contributed by atoms with Gasteiger partial charge in [-0.15, -0.1) is 0 Å². The van der Waals surface area contributed by atoms with Crippen molar-refractivity contribution in [2.75, 3.05) is 0 Å². The number of aromatic nitrogens is 2. The normalized spacial score (nSPS) is 10.7. The summed E-state index contributed by atoms with van der Waals surface area (Å²) >= 11 is 0. The maximum absolute atomic E-state index is 12.4. The highest BCUT2D eigenvalue weighted by Crippen LogP contribution is 2.19. The lowest BCUT2D eigenvalue weighted by Crippen LogP contribution is -2.27. The number of amides is 1. The lowest BCUT2D eigenvalue weighted by molar-refractivity contribution is 0.0940. The molecular weight excluding hydrogens is 338 g/mol. The molecule has 0 aliphatic heterocycles. The van der Waals surface area contributed by atoms with Crippen LogP contribution in [-0.4, -0.2) is 15.9 Å². The molecule has 4 rings (SSSR count). The number of fused-ring (bicyclic) bond motifs is 1. The third kappa shape index (κ3) is 3.62. The van der Waals surface area contributed by atoms with E-state index in [9.17, 15) is 9.59 Å². The summed E-state index contributed by atoms with van der Waals surface area (Å²) in [6.07, 6.45) is 0. The van der Waals surface area contributed by atoms with Gasteiger partial charge in [0.1, 0.15) is 0 Å². The van der Waals surface area contributed by atoms with Crippen molar-refractivity contribution in [2.45, 2.75) is 6.54 Å². The van der Waals surface area contributed by atoms with Gasteiger partial charge in [-0.1, -0.05) is 60.7 Å². The van der Waals surface area contributed by atoms with E-state index in [1.165, 1.54) is 0 Å². The molecule has 4 aromatic rings. The number of nitrogens with one attached hydrogen (secondary N) is 2. The molecule has 5 nitrogen and oxygen atoms in total. The maximum Gasteiger partial charge on any atom is 0.287 e. The Morgan fingerprint density at radius 3 is 2.48 bits per heavy atom. The first kappa shape index (κ1) is 16.7. The Morgan fingerprint density at radius 1 is 0.889 bits per heavy atom. The predicted octanol–water partition coefficient (Wildman–Crippen LogP) is 3.52. The van der Waals surface area contributed by atoms with Crippen molar-refractivity contribution in [1.82, 2.24) is 15.3 Å². The van der Waals surface area contributed by atoms with Gasteiger partial charge in [-0.25, -0.2) is 4.98 Å². The fourth-order valence-corrected chi connectivity index (χ4v) is 2.95. The first-order valence-corrected chi connectivity index (χ1v) is 8.62. The van der Waals surface area contributed by atoms with E-state index in [1.807, 2.05) is 54.6 Å². The van der Waals surface area contributed by atoms with Crippen molar-refractivity contribution in [3.05, 3.63) is 101 Å². The van der Waals surface area contributed by atoms with Crippen LogP contribution in [-0.2, 0) is 6.54 Å². The van der Waals surface area contributed by atoms with Gasteiger partial charge in [-0.3, -0.25) is 9.59 Å². The van der Waals surface area contributed by atoms with Crippen molar-refractivity contribution in [3.8, 4) is 11.1 Å². The Hall–Kier alpha value is -3.73. The summed E-state index contributed by atoms with van der Waals surface area (Å²) < 4.78 is 0. The van der Waals surface area contributed by atoms with Crippen LogP contribution in [0.4, 0.5) is 0 Å². The molecule has 2 N–H and O–H groups in total. The molecule has 0 saturated heterocycles. The van der Waals surface area contributed by atoms with Crippen LogP contribution >= 0.6 is 0 Å². The van der Waals surface area contributed by atoms with Crippen molar-refractivity contribution >= 4 is 16.8 Å². The quantitative estimate of drug-likeness (QED) is 0.588. The van der Waals surface area contributed by atoms with Crippen molar-refractivity contribution in [2.24, 2.45) is 0 Å². The predicted molar refractivity (Wildman–Crippen MR) is 105 cm³/mol. The second-order valence-electron chi connectivity index (χ2n) is 6.18.